The fourth-order valence-electron chi connectivity index (χ4n) is 2.46. The lowest BCUT2D eigenvalue weighted by Crippen LogP contribution is -1.87. The minimum Gasteiger partial charge on any atom is -0.508 e. The van der Waals surface area contributed by atoms with Crippen LogP contribution in [0.1, 0.15) is 23.1 Å². The van der Waals surface area contributed by atoms with Crippen molar-refractivity contribution in [3.8, 4) is 5.75 Å². The number of hydrogen-bond donors (Lipinski definition) is 2. The van der Waals surface area contributed by atoms with Crippen LogP contribution < -0.4 is 5.73 Å². The number of phenols is 1. The van der Waals surface area contributed by atoms with Gasteiger partial charge in [0.05, 0.1) is 0 Å². The molecule has 0 saturated carbocycles. The number of nitrogen functional groups attached to an aromatic ring is 1. The zero-order valence-electron chi connectivity index (χ0n) is 10.1. The van der Waals surface area contributed by atoms with E-state index in [2.05, 4.69) is 18.2 Å². The van der Waals surface area contributed by atoms with Crippen LogP contribution in [0.15, 0.2) is 42.5 Å². The summed E-state index contributed by atoms with van der Waals surface area (Å²) in [6, 6.07) is 13.4. The minimum atomic E-state index is 0.303. The molecule has 0 spiro atoms. The topological polar surface area (TPSA) is 46.2 Å². The number of aryl methyl sites for hydroxylation is 1. The average Bonchev–Trinajstić information content (AvgIpc) is 2.74. The molecule has 0 saturated heterocycles. The van der Waals surface area contributed by atoms with Gasteiger partial charge in [-0.1, -0.05) is 24.3 Å². The van der Waals surface area contributed by atoms with Crippen LogP contribution in [0.25, 0.3) is 11.6 Å². The van der Waals surface area contributed by atoms with E-state index in [-0.39, 0.29) is 0 Å². The maximum absolute atomic E-state index is 9.27. The summed E-state index contributed by atoms with van der Waals surface area (Å²) in [4.78, 5) is 0. The average molecular weight is 237 g/mol. The van der Waals surface area contributed by atoms with E-state index in [4.69, 9.17) is 5.73 Å². The summed E-state index contributed by atoms with van der Waals surface area (Å²) < 4.78 is 0. The Morgan fingerprint density at radius 1 is 1.00 bits per heavy atom. The zero-order chi connectivity index (χ0) is 12.5. The molecule has 1 aliphatic rings. The predicted molar refractivity (Wildman–Crippen MR) is 75.2 cm³/mol. The van der Waals surface area contributed by atoms with Gasteiger partial charge in [0.25, 0.3) is 0 Å². The van der Waals surface area contributed by atoms with E-state index >= 15 is 0 Å². The van der Waals surface area contributed by atoms with Crippen molar-refractivity contribution < 1.29 is 5.11 Å². The Bertz CT molecular complexity index is 611. The quantitative estimate of drug-likeness (QED) is 0.746. The SMILES string of the molecule is Nc1ccc2c(c1)CCC2=Cc1ccc(O)cc1. The number of hydrogen-bond acceptors (Lipinski definition) is 2. The molecule has 0 unspecified atom stereocenters. The predicted octanol–water partition coefficient (Wildman–Crippen LogP) is 3.46. The molecular weight excluding hydrogens is 222 g/mol. The Morgan fingerprint density at radius 2 is 1.78 bits per heavy atom. The molecule has 0 amide bonds. The van der Waals surface area contributed by atoms with Crippen molar-refractivity contribution >= 4 is 17.3 Å². The fourth-order valence-corrected chi connectivity index (χ4v) is 2.46. The van der Waals surface area contributed by atoms with Gasteiger partial charge in [0.1, 0.15) is 5.75 Å². The van der Waals surface area contributed by atoms with E-state index in [0.29, 0.717) is 5.75 Å². The van der Waals surface area contributed by atoms with Crippen LogP contribution in [0, 0.1) is 0 Å². The first-order chi connectivity index (χ1) is 8.72. The third kappa shape index (κ3) is 1.97. The van der Waals surface area contributed by atoms with Gasteiger partial charge >= 0.3 is 0 Å². The molecule has 3 rings (SSSR count). The first-order valence-corrected chi connectivity index (χ1v) is 6.11. The Hall–Kier alpha value is -2.22. The summed E-state index contributed by atoms with van der Waals surface area (Å²) in [6.07, 6.45) is 4.30. The fraction of sp³-hybridized carbons (Fsp3) is 0.125. The molecule has 0 radical (unpaired) electrons. The number of benzene rings is 2. The van der Waals surface area contributed by atoms with Gasteiger partial charge in [-0.05, 0) is 59.4 Å². The van der Waals surface area contributed by atoms with Crippen LogP contribution in [-0.2, 0) is 6.42 Å². The highest BCUT2D eigenvalue weighted by molar-refractivity contribution is 5.86. The lowest BCUT2D eigenvalue weighted by atomic mass is 10.0. The van der Waals surface area contributed by atoms with Crippen LogP contribution in [0.5, 0.6) is 5.75 Å². The van der Waals surface area contributed by atoms with E-state index < -0.39 is 0 Å². The van der Waals surface area contributed by atoms with Crippen molar-refractivity contribution in [1.29, 1.82) is 0 Å². The van der Waals surface area contributed by atoms with E-state index in [1.165, 1.54) is 16.7 Å². The molecule has 2 nitrogen and oxygen atoms in total. The summed E-state index contributed by atoms with van der Waals surface area (Å²) in [5.41, 5.74) is 11.7. The van der Waals surface area contributed by atoms with Crippen LogP contribution in [0.2, 0.25) is 0 Å². The largest absolute Gasteiger partial charge is 0.508 e. The first kappa shape index (κ1) is 10.9. The smallest absolute Gasteiger partial charge is 0.115 e. The van der Waals surface area contributed by atoms with E-state index in [1.54, 1.807) is 12.1 Å². The van der Waals surface area contributed by atoms with Crippen LogP contribution >= 0.6 is 0 Å². The summed E-state index contributed by atoms with van der Waals surface area (Å²) >= 11 is 0. The standard InChI is InChI=1S/C16H15NO/c17-14-5-8-16-12(3-4-13(16)10-14)9-11-1-6-15(18)7-2-11/h1-2,5-10,18H,3-4,17H2. The van der Waals surface area contributed by atoms with Crippen molar-refractivity contribution in [2.24, 2.45) is 0 Å². The van der Waals surface area contributed by atoms with E-state index in [1.807, 2.05) is 18.2 Å². The van der Waals surface area contributed by atoms with Crippen molar-refractivity contribution in [2.75, 3.05) is 5.73 Å². The van der Waals surface area contributed by atoms with Crippen molar-refractivity contribution in [1.82, 2.24) is 0 Å². The molecule has 90 valence electrons. The number of phenolic OH excluding ortho intramolecular Hbond substituents is 1. The summed E-state index contributed by atoms with van der Waals surface area (Å²) in [5.74, 6) is 0.303. The minimum absolute atomic E-state index is 0.303. The lowest BCUT2D eigenvalue weighted by Gasteiger charge is -2.03. The Kier molecular flexibility index (Phi) is 2.56. The van der Waals surface area contributed by atoms with Gasteiger partial charge < -0.3 is 10.8 Å². The zero-order valence-corrected chi connectivity index (χ0v) is 10.1. The monoisotopic (exact) mass is 237 g/mol. The highest BCUT2D eigenvalue weighted by Gasteiger charge is 2.15. The highest BCUT2D eigenvalue weighted by atomic mass is 16.3. The Balaban J connectivity index is 1.98. The summed E-state index contributed by atoms with van der Waals surface area (Å²) in [6.45, 7) is 0. The molecule has 18 heavy (non-hydrogen) atoms. The third-order valence-corrected chi connectivity index (χ3v) is 3.37. The number of rotatable bonds is 1. The maximum Gasteiger partial charge on any atom is 0.115 e. The van der Waals surface area contributed by atoms with Crippen molar-refractivity contribution in [3.63, 3.8) is 0 Å². The summed E-state index contributed by atoms with van der Waals surface area (Å²) in [7, 11) is 0. The molecule has 3 N–H and O–H groups in total. The normalized spacial score (nSPS) is 15.9. The number of anilines is 1. The second-order valence-electron chi connectivity index (χ2n) is 4.68. The second kappa shape index (κ2) is 4.22. The molecule has 0 bridgehead atoms. The van der Waals surface area contributed by atoms with Gasteiger partial charge in [-0.25, -0.2) is 0 Å². The van der Waals surface area contributed by atoms with Gasteiger partial charge in [-0.15, -0.1) is 0 Å². The molecule has 2 aromatic carbocycles. The molecule has 0 fully saturated rings. The van der Waals surface area contributed by atoms with Gasteiger partial charge in [0.15, 0.2) is 0 Å². The second-order valence-corrected chi connectivity index (χ2v) is 4.68. The molecule has 1 aliphatic carbocycles. The van der Waals surface area contributed by atoms with Crippen molar-refractivity contribution in [3.05, 3.63) is 59.2 Å². The molecule has 0 atom stereocenters. The van der Waals surface area contributed by atoms with Gasteiger partial charge in [-0.2, -0.15) is 0 Å². The van der Waals surface area contributed by atoms with Crippen LogP contribution in [0.4, 0.5) is 5.69 Å². The molecular formula is C16H15NO. The van der Waals surface area contributed by atoms with E-state index in [9.17, 15) is 5.11 Å². The Labute approximate surface area is 106 Å². The lowest BCUT2D eigenvalue weighted by molar-refractivity contribution is 0.475. The first-order valence-electron chi connectivity index (χ1n) is 6.11. The van der Waals surface area contributed by atoms with Crippen LogP contribution in [-0.4, -0.2) is 5.11 Å². The number of allylic oxidation sites excluding steroid dienone is 1. The van der Waals surface area contributed by atoms with E-state index in [0.717, 1.165) is 24.1 Å². The van der Waals surface area contributed by atoms with Gasteiger partial charge in [0, 0.05) is 5.69 Å². The maximum atomic E-state index is 9.27. The number of nitrogens with two attached hydrogens (primary N) is 1. The van der Waals surface area contributed by atoms with Gasteiger partial charge in [-0.3, -0.25) is 0 Å². The number of aromatic hydroxyl groups is 1. The van der Waals surface area contributed by atoms with Crippen LogP contribution in [0.3, 0.4) is 0 Å². The highest BCUT2D eigenvalue weighted by Crippen LogP contribution is 2.34. The molecule has 0 aliphatic heterocycles. The Morgan fingerprint density at radius 3 is 2.56 bits per heavy atom. The van der Waals surface area contributed by atoms with Crippen molar-refractivity contribution in [2.45, 2.75) is 12.8 Å². The van der Waals surface area contributed by atoms with Gasteiger partial charge in [0.2, 0.25) is 0 Å². The number of fused-ring (bicyclic) bond motifs is 1. The molecule has 0 heterocycles. The molecule has 0 aromatic heterocycles. The third-order valence-electron chi connectivity index (χ3n) is 3.37. The summed E-state index contributed by atoms with van der Waals surface area (Å²) in [5, 5.41) is 9.27. The molecule has 2 aromatic rings. The molecule has 2 heteroatoms.